The fraction of sp³-hybridized carbons (Fsp3) is 0. The maximum absolute atomic E-state index is 13.4. The molecule has 0 saturated carbocycles. The molecule has 1 heterocycles. The highest BCUT2D eigenvalue weighted by molar-refractivity contribution is 9.10. The monoisotopic (exact) mass is 355 g/mol. The molecule has 7 heteroatoms. The van der Waals surface area contributed by atoms with Crippen molar-refractivity contribution >= 4 is 31.9 Å². The highest BCUT2D eigenvalue weighted by atomic mass is 79.9. The number of ether oxygens (including phenoxy) is 1. The Bertz CT molecular complexity index is 833. The summed E-state index contributed by atoms with van der Waals surface area (Å²) in [5.41, 5.74) is 0.371. The number of sulfonamides is 1. The summed E-state index contributed by atoms with van der Waals surface area (Å²) in [6.07, 6.45) is 0. The molecule has 0 bridgehead atoms. The number of rotatable bonds is 1. The van der Waals surface area contributed by atoms with Crippen LogP contribution in [0.1, 0.15) is 5.56 Å². The minimum atomic E-state index is -3.73. The largest absolute Gasteiger partial charge is 0.438 e. The smallest absolute Gasteiger partial charge is 0.286 e. The lowest BCUT2D eigenvalue weighted by Crippen LogP contribution is -2.07. The minimum absolute atomic E-state index is 0.0534. The Morgan fingerprint density at radius 1 is 1.15 bits per heavy atom. The highest BCUT2D eigenvalue weighted by Gasteiger charge is 2.30. The van der Waals surface area contributed by atoms with E-state index in [-0.39, 0.29) is 16.5 Å². The summed E-state index contributed by atoms with van der Waals surface area (Å²) < 4.78 is 46.3. The first kappa shape index (κ1) is 13.3. The van der Waals surface area contributed by atoms with Crippen LogP contribution in [0.25, 0.3) is 0 Å². The molecule has 2 aromatic carbocycles. The number of benzene rings is 2. The van der Waals surface area contributed by atoms with Gasteiger partial charge in [0.1, 0.15) is 16.5 Å². The van der Waals surface area contributed by atoms with E-state index < -0.39 is 15.8 Å². The molecular formula is C13H7BrFNO3S. The SMILES string of the molecule is O=S1(=O)N=C(Oc2ccc(Br)c(F)c2)c2ccccc21. The van der Waals surface area contributed by atoms with Crippen molar-refractivity contribution in [3.05, 3.63) is 58.3 Å². The molecule has 2 aromatic rings. The predicted octanol–water partition coefficient (Wildman–Crippen LogP) is 3.12. The highest BCUT2D eigenvalue weighted by Crippen LogP contribution is 2.28. The second kappa shape index (κ2) is 4.68. The Morgan fingerprint density at radius 2 is 1.90 bits per heavy atom. The van der Waals surface area contributed by atoms with E-state index in [1.54, 1.807) is 18.2 Å². The minimum Gasteiger partial charge on any atom is -0.438 e. The van der Waals surface area contributed by atoms with Gasteiger partial charge in [0.05, 0.1) is 10.0 Å². The van der Waals surface area contributed by atoms with Crippen LogP contribution in [0.5, 0.6) is 5.75 Å². The van der Waals surface area contributed by atoms with Crippen molar-refractivity contribution in [3.63, 3.8) is 0 Å². The summed E-state index contributed by atoms with van der Waals surface area (Å²) in [6, 6.07) is 10.5. The van der Waals surface area contributed by atoms with E-state index in [1.807, 2.05) is 0 Å². The molecule has 0 saturated heterocycles. The van der Waals surface area contributed by atoms with Crippen LogP contribution in [0.15, 0.2) is 56.2 Å². The molecule has 0 amide bonds. The van der Waals surface area contributed by atoms with Crippen LogP contribution in [0.4, 0.5) is 4.39 Å². The molecule has 0 radical (unpaired) electrons. The molecule has 1 aliphatic heterocycles. The number of hydrogen-bond donors (Lipinski definition) is 0. The van der Waals surface area contributed by atoms with Crippen molar-refractivity contribution in [2.24, 2.45) is 4.40 Å². The van der Waals surface area contributed by atoms with Crippen LogP contribution in [0, 0.1) is 5.82 Å². The van der Waals surface area contributed by atoms with Crippen LogP contribution < -0.4 is 4.74 Å². The lowest BCUT2D eigenvalue weighted by atomic mass is 10.2. The van der Waals surface area contributed by atoms with Gasteiger partial charge in [-0.1, -0.05) is 12.1 Å². The van der Waals surface area contributed by atoms with Crippen molar-refractivity contribution in [2.75, 3.05) is 0 Å². The zero-order chi connectivity index (χ0) is 14.3. The standard InChI is InChI=1S/C13H7BrFNO3S/c14-10-6-5-8(7-11(10)15)19-13-9-3-1-2-4-12(9)20(17,18)16-13/h1-7H. The summed E-state index contributed by atoms with van der Waals surface area (Å²) in [7, 11) is -3.73. The Balaban J connectivity index is 2.02. The van der Waals surface area contributed by atoms with Gasteiger partial charge in [0.15, 0.2) is 0 Å². The molecule has 0 atom stereocenters. The Labute approximate surface area is 123 Å². The fourth-order valence-electron chi connectivity index (χ4n) is 1.80. The number of halogens is 2. The third-order valence-corrected chi connectivity index (χ3v) is 4.67. The van der Waals surface area contributed by atoms with Crippen molar-refractivity contribution in [3.8, 4) is 5.75 Å². The van der Waals surface area contributed by atoms with Gasteiger partial charge >= 0.3 is 0 Å². The van der Waals surface area contributed by atoms with Gasteiger partial charge in [0.2, 0.25) is 5.90 Å². The Hall–Kier alpha value is -1.73. The maximum atomic E-state index is 13.4. The third kappa shape index (κ3) is 2.23. The molecular weight excluding hydrogens is 349 g/mol. The molecule has 0 aliphatic carbocycles. The summed E-state index contributed by atoms with van der Waals surface area (Å²) in [5.74, 6) is -0.379. The quantitative estimate of drug-likeness (QED) is 0.789. The molecule has 102 valence electrons. The lowest BCUT2D eigenvalue weighted by molar-refractivity contribution is 0.540. The molecule has 4 nitrogen and oxygen atoms in total. The predicted molar refractivity (Wildman–Crippen MR) is 74.9 cm³/mol. The van der Waals surface area contributed by atoms with Gasteiger partial charge in [-0.3, -0.25) is 0 Å². The first-order chi connectivity index (χ1) is 9.47. The first-order valence-electron chi connectivity index (χ1n) is 5.55. The lowest BCUT2D eigenvalue weighted by Gasteiger charge is -2.05. The van der Waals surface area contributed by atoms with Crippen molar-refractivity contribution < 1.29 is 17.5 Å². The molecule has 3 rings (SSSR count). The topological polar surface area (TPSA) is 55.7 Å². The van der Waals surface area contributed by atoms with E-state index in [2.05, 4.69) is 20.3 Å². The van der Waals surface area contributed by atoms with Crippen molar-refractivity contribution in [2.45, 2.75) is 4.90 Å². The van der Waals surface area contributed by atoms with Crippen LogP contribution >= 0.6 is 15.9 Å². The molecule has 1 aliphatic rings. The van der Waals surface area contributed by atoms with Gasteiger partial charge in [-0.15, -0.1) is 4.40 Å². The Morgan fingerprint density at radius 3 is 2.65 bits per heavy atom. The van der Waals surface area contributed by atoms with Gasteiger partial charge in [0.25, 0.3) is 10.0 Å². The first-order valence-corrected chi connectivity index (χ1v) is 7.78. The van der Waals surface area contributed by atoms with Gasteiger partial charge < -0.3 is 4.74 Å². The number of hydrogen-bond acceptors (Lipinski definition) is 3. The van der Waals surface area contributed by atoms with Crippen LogP contribution in [0.2, 0.25) is 0 Å². The second-order valence-corrected chi connectivity index (χ2v) is 6.47. The number of nitrogens with zero attached hydrogens (tertiary/aromatic N) is 1. The summed E-state index contributed by atoms with van der Waals surface area (Å²) in [4.78, 5) is 0.0904. The van der Waals surface area contributed by atoms with Crippen LogP contribution in [-0.2, 0) is 10.0 Å². The normalized spacial score (nSPS) is 15.6. The van der Waals surface area contributed by atoms with Gasteiger partial charge in [-0.2, -0.15) is 8.42 Å². The molecule has 0 fully saturated rings. The van der Waals surface area contributed by atoms with Gasteiger partial charge in [-0.25, -0.2) is 4.39 Å². The average molecular weight is 356 g/mol. The molecule has 20 heavy (non-hydrogen) atoms. The zero-order valence-electron chi connectivity index (χ0n) is 9.88. The summed E-state index contributed by atoms with van der Waals surface area (Å²) >= 11 is 3.03. The molecule has 0 unspecified atom stereocenters. The van der Waals surface area contributed by atoms with Gasteiger partial charge in [0, 0.05) is 6.07 Å². The molecule has 0 spiro atoms. The van der Waals surface area contributed by atoms with E-state index in [1.165, 1.54) is 18.2 Å². The van der Waals surface area contributed by atoms with Crippen LogP contribution in [-0.4, -0.2) is 14.3 Å². The van der Waals surface area contributed by atoms with Crippen molar-refractivity contribution in [1.82, 2.24) is 0 Å². The van der Waals surface area contributed by atoms with E-state index >= 15 is 0 Å². The fourth-order valence-corrected chi connectivity index (χ4v) is 3.18. The van der Waals surface area contributed by atoms with Crippen LogP contribution in [0.3, 0.4) is 0 Å². The van der Waals surface area contributed by atoms with E-state index in [4.69, 9.17) is 4.74 Å². The summed E-state index contributed by atoms with van der Waals surface area (Å²) in [5, 5.41) is 0. The average Bonchev–Trinajstić information content (AvgIpc) is 2.66. The summed E-state index contributed by atoms with van der Waals surface area (Å²) in [6.45, 7) is 0. The van der Waals surface area contributed by atoms with Crippen molar-refractivity contribution in [1.29, 1.82) is 0 Å². The maximum Gasteiger partial charge on any atom is 0.286 e. The number of fused-ring (bicyclic) bond motifs is 1. The second-order valence-electron chi connectivity index (χ2n) is 4.05. The molecule has 0 aromatic heterocycles. The van der Waals surface area contributed by atoms with E-state index in [0.29, 0.717) is 10.0 Å². The zero-order valence-corrected chi connectivity index (χ0v) is 12.3. The van der Waals surface area contributed by atoms with Gasteiger partial charge in [-0.05, 0) is 40.2 Å². The van der Waals surface area contributed by atoms with E-state index in [9.17, 15) is 12.8 Å². The van der Waals surface area contributed by atoms with E-state index in [0.717, 1.165) is 6.07 Å². The third-order valence-electron chi connectivity index (χ3n) is 2.70. The Kier molecular flexibility index (Phi) is 3.10. The molecule has 0 N–H and O–H groups in total.